The molecule has 7 heteroatoms. The summed E-state index contributed by atoms with van der Waals surface area (Å²) in [5, 5.41) is 12.1. The van der Waals surface area contributed by atoms with Crippen LogP contribution in [0.15, 0.2) is 22.8 Å². The molecular formula is C18H27BrN6. The van der Waals surface area contributed by atoms with E-state index in [0.29, 0.717) is 0 Å². The Kier molecular flexibility index (Phi) is 4.72. The highest BCUT2D eigenvalue weighted by atomic mass is 79.9. The second kappa shape index (κ2) is 6.53. The van der Waals surface area contributed by atoms with Gasteiger partial charge < -0.3 is 5.32 Å². The minimum Gasteiger partial charge on any atom is -0.380 e. The van der Waals surface area contributed by atoms with E-state index in [-0.39, 0.29) is 5.41 Å². The first-order valence-corrected chi connectivity index (χ1v) is 9.28. The van der Waals surface area contributed by atoms with Gasteiger partial charge in [-0.1, -0.05) is 20.8 Å². The standard InChI is InChI=1S/C18H27BrN6/c1-12-13(10-21-23(12)5)9-20-14-7-8-15-17(16(14)19)22-24(6)25(15)11-18(2,3)4/h7-8,10,20,22H,9,11H2,1-6H3. The van der Waals surface area contributed by atoms with E-state index in [1.54, 1.807) is 0 Å². The molecule has 136 valence electrons. The topological polar surface area (TPSA) is 48.4 Å². The maximum Gasteiger partial charge on any atom is 0.0918 e. The van der Waals surface area contributed by atoms with Crippen molar-refractivity contribution in [2.75, 3.05) is 29.3 Å². The van der Waals surface area contributed by atoms with Crippen molar-refractivity contribution in [1.29, 1.82) is 0 Å². The first kappa shape index (κ1) is 18.1. The molecule has 1 aliphatic rings. The quantitative estimate of drug-likeness (QED) is 0.798. The number of halogens is 1. The molecule has 3 rings (SSSR count). The number of aromatic nitrogens is 2. The summed E-state index contributed by atoms with van der Waals surface area (Å²) in [6, 6.07) is 4.30. The molecule has 2 N–H and O–H groups in total. The highest BCUT2D eigenvalue weighted by Crippen LogP contribution is 2.43. The van der Waals surface area contributed by atoms with E-state index in [1.807, 2.05) is 25.0 Å². The number of hydrogen-bond acceptors (Lipinski definition) is 5. The molecule has 0 amide bonds. The van der Waals surface area contributed by atoms with E-state index in [4.69, 9.17) is 0 Å². The minimum absolute atomic E-state index is 0.207. The van der Waals surface area contributed by atoms with Crippen molar-refractivity contribution in [3.63, 3.8) is 0 Å². The maximum absolute atomic E-state index is 4.30. The number of benzene rings is 1. The van der Waals surface area contributed by atoms with Crippen molar-refractivity contribution in [3.05, 3.63) is 34.1 Å². The Hall–Kier alpha value is -1.73. The number of fused-ring (bicyclic) bond motifs is 1. The van der Waals surface area contributed by atoms with Gasteiger partial charge in [-0.2, -0.15) is 5.10 Å². The van der Waals surface area contributed by atoms with Crippen molar-refractivity contribution < 1.29 is 0 Å². The van der Waals surface area contributed by atoms with Crippen LogP contribution in [0.1, 0.15) is 32.0 Å². The lowest BCUT2D eigenvalue weighted by Gasteiger charge is -2.32. The number of aryl methyl sites for hydroxylation is 1. The van der Waals surface area contributed by atoms with E-state index >= 15 is 0 Å². The van der Waals surface area contributed by atoms with E-state index in [9.17, 15) is 0 Å². The number of anilines is 3. The summed E-state index contributed by atoms with van der Waals surface area (Å²) in [5.41, 5.74) is 9.39. The van der Waals surface area contributed by atoms with E-state index < -0.39 is 0 Å². The predicted molar refractivity (Wildman–Crippen MR) is 108 cm³/mol. The van der Waals surface area contributed by atoms with Gasteiger partial charge in [0.2, 0.25) is 0 Å². The van der Waals surface area contributed by atoms with Gasteiger partial charge in [-0.25, -0.2) is 0 Å². The predicted octanol–water partition coefficient (Wildman–Crippen LogP) is 4.14. The molecule has 2 aromatic rings. The summed E-state index contributed by atoms with van der Waals surface area (Å²) in [5.74, 6) is 0. The summed E-state index contributed by atoms with van der Waals surface area (Å²) >= 11 is 3.77. The van der Waals surface area contributed by atoms with Crippen LogP contribution in [0.25, 0.3) is 0 Å². The van der Waals surface area contributed by atoms with Crippen LogP contribution >= 0.6 is 15.9 Å². The fourth-order valence-corrected chi connectivity index (χ4v) is 3.52. The number of nitrogens with zero attached hydrogens (tertiary/aromatic N) is 4. The molecule has 0 saturated carbocycles. The number of hydrazine groups is 2. The summed E-state index contributed by atoms with van der Waals surface area (Å²) in [6.45, 7) is 10.5. The average molecular weight is 407 g/mol. The Labute approximate surface area is 158 Å². The van der Waals surface area contributed by atoms with Crippen LogP contribution in [0, 0.1) is 12.3 Å². The maximum atomic E-state index is 4.30. The van der Waals surface area contributed by atoms with Gasteiger partial charge in [0.05, 0.1) is 27.7 Å². The summed E-state index contributed by atoms with van der Waals surface area (Å²) in [4.78, 5) is 0. The molecule has 0 spiro atoms. The van der Waals surface area contributed by atoms with Gasteiger partial charge in [0.15, 0.2) is 0 Å². The van der Waals surface area contributed by atoms with Gasteiger partial charge in [-0.15, -0.1) is 5.12 Å². The lowest BCUT2D eigenvalue weighted by molar-refractivity contribution is 0.306. The summed E-state index contributed by atoms with van der Waals surface area (Å²) < 4.78 is 2.95. The van der Waals surface area contributed by atoms with Gasteiger partial charge in [-0.3, -0.25) is 15.1 Å². The monoisotopic (exact) mass is 406 g/mol. The largest absolute Gasteiger partial charge is 0.380 e. The normalized spacial score (nSPS) is 14.6. The fraction of sp³-hybridized carbons (Fsp3) is 0.500. The van der Waals surface area contributed by atoms with Crippen LogP contribution < -0.4 is 15.8 Å². The molecule has 1 aromatic carbocycles. The van der Waals surface area contributed by atoms with E-state index in [2.05, 4.69) is 81.7 Å². The van der Waals surface area contributed by atoms with Crippen molar-refractivity contribution in [2.45, 2.75) is 34.2 Å². The molecule has 25 heavy (non-hydrogen) atoms. The second-order valence-electron chi connectivity index (χ2n) is 7.81. The number of rotatable bonds is 4. The third-order valence-electron chi connectivity index (χ3n) is 4.46. The third-order valence-corrected chi connectivity index (χ3v) is 5.29. The number of hydrogen-bond donors (Lipinski definition) is 2. The molecule has 0 unspecified atom stereocenters. The molecular weight excluding hydrogens is 380 g/mol. The van der Waals surface area contributed by atoms with Gasteiger partial charge >= 0.3 is 0 Å². The SMILES string of the molecule is Cc1c(CNc2ccc3c(c2Br)NN(C)N3CC(C)(C)C)cnn1C. The Morgan fingerprint density at radius 3 is 2.56 bits per heavy atom. The summed E-state index contributed by atoms with van der Waals surface area (Å²) in [6.07, 6.45) is 1.92. The highest BCUT2D eigenvalue weighted by molar-refractivity contribution is 9.10. The minimum atomic E-state index is 0.207. The molecule has 0 bridgehead atoms. The van der Waals surface area contributed by atoms with Crippen LogP contribution in [0.4, 0.5) is 17.1 Å². The van der Waals surface area contributed by atoms with Gasteiger partial charge in [0, 0.05) is 38.4 Å². The lowest BCUT2D eigenvalue weighted by atomic mass is 9.96. The van der Waals surface area contributed by atoms with Crippen molar-refractivity contribution in [2.24, 2.45) is 12.5 Å². The smallest absolute Gasteiger partial charge is 0.0918 e. The first-order chi connectivity index (χ1) is 11.7. The van der Waals surface area contributed by atoms with Gasteiger partial charge in [-0.05, 0) is 40.4 Å². The van der Waals surface area contributed by atoms with E-state index in [0.717, 1.165) is 28.9 Å². The van der Waals surface area contributed by atoms with Crippen LogP contribution in [-0.2, 0) is 13.6 Å². The van der Waals surface area contributed by atoms with Crippen LogP contribution in [0.5, 0.6) is 0 Å². The zero-order valence-corrected chi connectivity index (χ0v) is 17.4. The van der Waals surface area contributed by atoms with Gasteiger partial charge in [0.25, 0.3) is 0 Å². The van der Waals surface area contributed by atoms with E-state index in [1.165, 1.54) is 16.9 Å². The molecule has 0 aliphatic carbocycles. The molecule has 0 atom stereocenters. The lowest BCUT2D eigenvalue weighted by Crippen LogP contribution is -2.43. The highest BCUT2D eigenvalue weighted by Gasteiger charge is 2.30. The Morgan fingerprint density at radius 2 is 1.96 bits per heavy atom. The van der Waals surface area contributed by atoms with Crippen LogP contribution in [0.2, 0.25) is 0 Å². The fourth-order valence-electron chi connectivity index (χ4n) is 2.96. The molecule has 2 heterocycles. The Balaban J connectivity index is 1.81. The zero-order valence-electron chi connectivity index (χ0n) is 15.8. The Bertz CT molecular complexity index is 777. The molecule has 0 fully saturated rings. The molecule has 6 nitrogen and oxygen atoms in total. The second-order valence-corrected chi connectivity index (χ2v) is 8.60. The third kappa shape index (κ3) is 3.62. The Morgan fingerprint density at radius 1 is 1.24 bits per heavy atom. The van der Waals surface area contributed by atoms with Crippen molar-refractivity contribution in [1.82, 2.24) is 14.9 Å². The van der Waals surface area contributed by atoms with Gasteiger partial charge in [0.1, 0.15) is 0 Å². The van der Waals surface area contributed by atoms with Crippen LogP contribution in [0.3, 0.4) is 0 Å². The first-order valence-electron chi connectivity index (χ1n) is 8.49. The van der Waals surface area contributed by atoms with Crippen molar-refractivity contribution >= 4 is 33.0 Å². The summed E-state index contributed by atoms with van der Waals surface area (Å²) in [7, 11) is 4.01. The molecule has 0 radical (unpaired) electrons. The molecule has 0 saturated heterocycles. The number of nitrogens with one attached hydrogen (secondary N) is 2. The molecule has 1 aromatic heterocycles. The average Bonchev–Trinajstić information content (AvgIpc) is 3.00. The zero-order chi connectivity index (χ0) is 18.4. The van der Waals surface area contributed by atoms with Crippen LogP contribution in [-0.4, -0.2) is 28.5 Å². The van der Waals surface area contributed by atoms with Crippen molar-refractivity contribution in [3.8, 4) is 0 Å². The molecule has 1 aliphatic heterocycles.